The van der Waals surface area contributed by atoms with Crippen LogP contribution >= 0.6 is 0 Å². The standard InChI is InChI=1S/C20H30N2O.C5H10O2/c1-2-17-7-6-8-18(15-17)19(16-22-13-11-21-12-14-22)20(23)9-4-3-5-10-20;1-5(2,3)7-4-6/h2,6-8,15,19,21,23H,1,3-5,9-14,16H2;4H,1-3H3. The van der Waals surface area contributed by atoms with Crippen molar-refractivity contribution in [3.63, 3.8) is 0 Å². The van der Waals surface area contributed by atoms with E-state index in [1.54, 1.807) is 0 Å². The largest absolute Gasteiger partial charge is 0.462 e. The Labute approximate surface area is 182 Å². The van der Waals surface area contributed by atoms with E-state index in [9.17, 15) is 9.90 Å². The highest BCUT2D eigenvalue weighted by Crippen LogP contribution is 2.40. The number of nitrogens with zero attached hydrogens (tertiary/aromatic N) is 1. The van der Waals surface area contributed by atoms with Crippen LogP contribution < -0.4 is 5.32 Å². The third-order valence-corrected chi connectivity index (χ3v) is 5.97. The Hall–Kier alpha value is -1.69. The second kappa shape index (κ2) is 11.6. The number of piperazine rings is 1. The van der Waals surface area contributed by atoms with Crippen molar-refractivity contribution in [2.75, 3.05) is 32.7 Å². The molecule has 0 radical (unpaired) electrons. The summed E-state index contributed by atoms with van der Waals surface area (Å²) in [6.07, 6.45) is 7.32. The van der Waals surface area contributed by atoms with Crippen LogP contribution in [0.5, 0.6) is 0 Å². The summed E-state index contributed by atoms with van der Waals surface area (Å²) in [5.74, 6) is 0.195. The number of benzene rings is 1. The number of ether oxygens (including phenoxy) is 1. The van der Waals surface area contributed by atoms with Gasteiger partial charge >= 0.3 is 0 Å². The summed E-state index contributed by atoms with van der Waals surface area (Å²) in [5, 5.41) is 14.8. The maximum Gasteiger partial charge on any atom is 0.293 e. The molecule has 30 heavy (non-hydrogen) atoms. The van der Waals surface area contributed by atoms with Crippen molar-refractivity contribution in [2.24, 2.45) is 0 Å². The molecule has 1 aromatic carbocycles. The lowest BCUT2D eigenvalue weighted by atomic mass is 9.72. The normalized spacial score (nSPS) is 20.4. The molecule has 1 unspecified atom stereocenters. The monoisotopic (exact) mass is 416 g/mol. The zero-order chi connectivity index (χ0) is 22.0. The topological polar surface area (TPSA) is 61.8 Å². The average molecular weight is 417 g/mol. The summed E-state index contributed by atoms with van der Waals surface area (Å²) in [5.41, 5.74) is 1.54. The van der Waals surface area contributed by atoms with Gasteiger partial charge in [0, 0.05) is 38.6 Å². The number of carbonyl (C=O) groups excluding carboxylic acids is 1. The number of nitrogens with one attached hydrogen (secondary N) is 1. The summed E-state index contributed by atoms with van der Waals surface area (Å²) < 4.78 is 4.55. The quantitative estimate of drug-likeness (QED) is 0.687. The molecule has 5 nitrogen and oxygen atoms in total. The van der Waals surface area contributed by atoms with Crippen molar-refractivity contribution < 1.29 is 14.6 Å². The predicted octanol–water partition coefficient (Wildman–Crippen LogP) is 3.97. The van der Waals surface area contributed by atoms with E-state index in [0.29, 0.717) is 6.47 Å². The summed E-state index contributed by atoms with van der Waals surface area (Å²) in [7, 11) is 0. The van der Waals surface area contributed by atoms with Gasteiger partial charge < -0.3 is 20.1 Å². The molecule has 1 saturated heterocycles. The predicted molar refractivity (Wildman–Crippen MR) is 124 cm³/mol. The van der Waals surface area contributed by atoms with E-state index in [-0.39, 0.29) is 11.5 Å². The molecule has 0 amide bonds. The number of hydrogen-bond acceptors (Lipinski definition) is 5. The molecule has 1 aliphatic heterocycles. The van der Waals surface area contributed by atoms with Crippen molar-refractivity contribution in [2.45, 2.75) is 70.0 Å². The van der Waals surface area contributed by atoms with E-state index in [1.807, 2.05) is 26.8 Å². The van der Waals surface area contributed by atoms with Gasteiger partial charge in [-0.3, -0.25) is 4.79 Å². The third kappa shape index (κ3) is 7.86. The Bertz CT molecular complexity index is 657. The van der Waals surface area contributed by atoms with Crippen molar-refractivity contribution in [1.82, 2.24) is 10.2 Å². The van der Waals surface area contributed by atoms with Gasteiger partial charge in [0.15, 0.2) is 0 Å². The Balaban J connectivity index is 0.000000396. The van der Waals surface area contributed by atoms with Gasteiger partial charge in [-0.25, -0.2) is 0 Å². The summed E-state index contributed by atoms with van der Waals surface area (Å²) >= 11 is 0. The van der Waals surface area contributed by atoms with Crippen LogP contribution in [0.15, 0.2) is 30.8 Å². The maximum atomic E-state index is 11.4. The minimum absolute atomic E-state index is 0.195. The molecule has 0 spiro atoms. The van der Waals surface area contributed by atoms with E-state index in [4.69, 9.17) is 0 Å². The first-order chi connectivity index (χ1) is 14.3. The second-order valence-electron chi connectivity index (χ2n) is 9.47. The molecule has 168 valence electrons. The molecule has 1 saturated carbocycles. The van der Waals surface area contributed by atoms with Crippen LogP contribution in [-0.2, 0) is 9.53 Å². The van der Waals surface area contributed by atoms with Crippen molar-refractivity contribution in [3.05, 3.63) is 42.0 Å². The third-order valence-electron chi connectivity index (χ3n) is 5.97. The Morgan fingerprint density at radius 1 is 1.23 bits per heavy atom. The minimum Gasteiger partial charge on any atom is -0.462 e. The Morgan fingerprint density at radius 3 is 2.43 bits per heavy atom. The van der Waals surface area contributed by atoms with E-state index in [0.717, 1.165) is 64.0 Å². The van der Waals surface area contributed by atoms with Crippen LogP contribution in [0.2, 0.25) is 0 Å². The zero-order valence-electron chi connectivity index (χ0n) is 19.0. The van der Waals surface area contributed by atoms with Gasteiger partial charge in [0.05, 0.1) is 5.60 Å². The van der Waals surface area contributed by atoms with E-state index in [1.165, 1.54) is 12.0 Å². The SMILES string of the molecule is C=Cc1cccc(C(CN2CCNCC2)C2(O)CCCCC2)c1.CC(C)(C)OC=O. The van der Waals surface area contributed by atoms with Crippen molar-refractivity contribution in [1.29, 1.82) is 0 Å². The molecule has 2 fully saturated rings. The molecular formula is C25H40N2O3. The molecule has 1 aliphatic carbocycles. The van der Waals surface area contributed by atoms with Crippen LogP contribution in [0.4, 0.5) is 0 Å². The molecule has 1 aromatic rings. The van der Waals surface area contributed by atoms with Gasteiger partial charge in [-0.15, -0.1) is 0 Å². The summed E-state index contributed by atoms with van der Waals surface area (Å²) in [6.45, 7) is 15.0. The Kier molecular flexibility index (Phi) is 9.53. The molecule has 2 N–H and O–H groups in total. The fourth-order valence-electron chi connectivity index (χ4n) is 4.30. The van der Waals surface area contributed by atoms with Crippen LogP contribution in [0.25, 0.3) is 6.08 Å². The molecule has 0 aromatic heterocycles. The van der Waals surface area contributed by atoms with Crippen LogP contribution in [0.3, 0.4) is 0 Å². The van der Waals surface area contributed by atoms with Crippen LogP contribution in [-0.4, -0.2) is 60.4 Å². The van der Waals surface area contributed by atoms with Gasteiger partial charge in [-0.1, -0.05) is 56.2 Å². The van der Waals surface area contributed by atoms with Gasteiger partial charge in [0.2, 0.25) is 0 Å². The van der Waals surface area contributed by atoms with Crippen molar-refractivity contribution >= 4 is 12.5 Å². The minimum atomic E-state index is -0.553. The first kappa shape index (κ1) is 24.6. The zero-order valence-corrected chi connectivity index (χ0v) is 19.0. The molecular weight excluding hydrogens is 376 g/mol. The van der Waals surface area contributed by atoms with Crippen LogP contribution in [0, 0.1) is 0 Å². The fourth-order valence-corrected chi connectivity index (χ4v) is 4.30. The highest BCUT2D eigenvalue weighted by molar-refractivity contribution is 5.48. The number of rotatable bonds is 6. The van der Waals surface area contributed by atoms with Crippen LogP contribution in [0.1, 0.15) is 69.9 Å². The highest BCUT2D eigenvalue weighted by Gasteiger charge is 2.39. The smallest absolute Gasteiger partial charge is 0.293 e. The molecule has 1 heterocycles. The highest BCUT2D eigenvalue weighted by atomic mass is 16.5. The van der Waals surface area contributed by atoms with E-state index >= 15 is 0 Å². The van der Waals surface area contributed by atoms with E-state index in [2.05, 4.69) is 45.8 Å². The number of hydrogen-bond donors (Lipinski definition) is 2. The lowest BCUT2D eigenvalue weighted by molar-refractivity contribution is -0.138. The molecule has 0 bridgehead atoms. The maximum absolute atomic E-state index is 11.4. The first-order valence-corrected chi connectivity index (χ1v) is 11.3. The lowest BCUT2D eigenvalue weighted by Gasteiger charge is -2.42. The van der Waals surface area contributed by atoms with Gasteiger partial charge in [-0.05, 0) is 44.7 Å². The molecule has 5 heteroatoms. The molecule has 3 rings (SSSR count). The summed E-state index contributed by atoms with van der Waals surface area (Å²) in [4.78, 5) is 12.1. The van der Waals surface area contributed by atoms with Gasteiger partial charge in [0.1, 0.15) is 5.60 Å². The van der Waals surface area contributed by atoms with Gasteiger partial charge in [-0.2, -0.15) is 0 Å². The average Bonchev–Trinajstić information content (AvgIpc) is 2.73. The van der Waals surface area contributed by atoms with E-state index < -0.39 is 5.60 Å². The first-order valence-electron chi connectivity index (χ1n) is 11.3. The molecule has 1 atom stereocenters. The molecule has 2 aliphatic rings. The second-order valence-corrected chi connectivity index (χ2v) is 9.47. The van der Waals surface area contributed by atoms with Crippen molar-refractivity contribution in [3.8, 4) is 0 Å². The summed E-state index contributed by atoms with van der Waals surface area (Å²) in [6, 6.07) is 8.59. The number of aliphatic hydroxyl groups is 1. The Morgan fingerprint density at radius 2 is 1.90 bits per heavy atom. The fraction of sp³-hybridized carbons (Fsp3) is 0.640. The number of carbonyl (C=O) groups is 1. The van der Waals surface area contributed by atoms with Gasteiger partial charge in [0.25, 0.3) is 6.47 Å². The lowest BCUT2D eigenvalue weighted by Crippen LogP contribution is -2.49.